The molecule has 0 spiro atoms. The van der Waals surface area contributed by atoms with E-state index in [-0.39, 0.29) is 24.9 Å². The maximum Gasteiger partial charge on any atom is 0.314 e. The van der Waals surface area contributed by atoms with Gasteiger partial charge in [-0.25, -0.2) is 4.79 Å². The molecule has 0 aromatic heterocycles. The maximum absolute atomic E-state index is 11.3. The predicted octanol–water partition coefficient (Wildman–Crippen LogP) is 0.961. The molecule has 0 bridgehead atoms. The molecule has 1 aromatic carbocycles. The topological polar surface area (TPSA) is 108 Å². The van der Waals surface area contributed by atoms with Gasteiger partial charge in [0.05, 0.1) is 6.42 Å². The van der Waals surface area contributed by atoms with Crippen LogP contribution in [0.1, 0.15) is 18.9 Å². The standard InChI is InChI=1S/C14H19N3O4/c1-10(18)17-12-4-2-11(3-5-12)6-8-15-14(21)16-9-7-13(19)20/h2-5H,6-9H2,1H3,(H,17,18)(H,19,20)(H2,15,16,21). The summed E-state index contributed by atoms with van der Waals surface area (Å²) < 4.78 is 0. The normalized spacial score (nSPS) is 9.76. The fourth-order valence-corrected chi connectivity index (χ4v) is 1.62. The lowest BCUT2D eigenvalue weighted by molar-refractivity contribution is -0.136. The van der Waals surface area contributed by atoms with Gasteiger partial charge >= 0.3 is 12.0 Å². The van der Waals surface area contributed by atoms with E-state index in [0.717, 1.165) is 11.3 Å². The number of carbonyl (C=O) groups excluding carboxylic acids is 2. The highest BCUT2D eigenvalue weighted by atomic mass is 16.4. The Morgan fingerprint density at radius 2 is 1.67 bits per heavy atom. The highest BCUT2D eigenvalue weighted by Gasteiger charge is 2.02. The average molecular weight is 293 g/mol. The number of carboxylic acids is 1. The van der Waals surface area contributed by atoms with E-state index >= 15 is 0 Å². The van der Waals surface area contributed by atoms with E-state index in [1.54, 1.807) is 12.1 Å². The number of aliphatic carboxylic acids is 1. The van der Waals surface area contributed by atoms with Crippen LogP contribution in [0.3, 0.4) is 0 Å². The van der Waals surface area contributed by atoms with Crippen LogP contribution in [-0.4, -0.2) is 36.1 Å². The first kappa shape index (κ1) is 16.5. The van der Waals surface area contributed by atoms with Gasteiger partial charge in [-0.05, 0) is 24.1 Å². The summed E-state index contributed by atoms with van der Waals surface area (Å²) in [5.41, 5.74) is 1.75. The summed E-state index contributed by atoms with van der Waals surface area (Å²) in [5, 5.41) is 16.2. The van der Waals surface area contributed by atoms with Crippen LogP contribution in [0.15, 0.2) is 24.3 Å². The average Bonchev–Trinajstić information content (AvgIpc) is 2.39. The Balaban J connectivity index is 2.24. The minimum absolute atomic E-state index is 0.0992. The first-order valence-electron chi connectivity index (χ1n) is 6.57. The first-order chi connectivity index (χ1) is 9.97. The summed E-state index contributed by atoms with van der Waals surface area (Å²) in [4.78, 5) is 32.5. The van der Waals surface area contributed by atoms with Crippen molar-refractivity contribution in [3.63, 3.8) is 0 Å². The third-order valence-corrected chi connectivity index (χ3v) is 2.60. The van der Waals surface area contributed by atoms with E-state index in [0.29, 0.717) is 13.0 Å². The zero-order valence-corrected chi connectivity index (χ0v) is 11.8. The number of carbonyl (C=O) groups is 3. The lowest BCUT2D eigenvalue weighted by atomic mass is 10.1. The van der Waals surface area contributed by atoms with Gasteiger partial charge in [0.1, 0.15) is 0 Å². The number of rotatable bonds is 7. The number of urea groups is 1. The summed E-state index contributed by atoms with van der Waals surface area (Å²) in [6.45, 7) is 1.99. The molecule has 0 radical (unpaired) electrons. The lowest BCUT2D eigenvalue weighted by Crippen LogP contribution is -2.37. The number of nitrogens with one attached hydrogen (secondary N) is 3. The molecule has 0 heterocycles. The Hall–Kier alpha value is -2.57. The van der Waals surface area contributed by atoms with Gasteiger partial charge < -0.3 is 21.1 Å². The molecular weight excluding hydrogens is 274 g/mol. The number of hydrogen-bond acceptors (Lipinski definition) is 3. The first-order valence-corrected chi connectivity index (χ1v) is 6.57. The smallest absolute Gasteiger partial charge is 0.314 e. The number of anilines is 1. The van der Waals surface area contributed by atoms with Crippen LogP contribution in [0.2, 0.25) is 0 Å². The fraction of sp³-hybridized carbons (Fsp3) is 0.357. The van der Waals surface area contributed by atoms with Crippen LogP contribution in [0.25, 0.3) is 0 Å². The zero-order chi connectivity index (χ0) is 15.7. The molecular formula is C14H19N3O4. The van der Waals surface area contributed by atoms with E-state index in [4.69, 9.17) is 5.11 Å². The molecule has 7 nitrogen and oxygen atoms in total. The van der Waals surface area contributed by atoms with Crippen LogP contribution in [0.5, 0.6) is 0 Å². The molecule has 21 heavy (non-hydrogen) atoms. The summed E-state index contributed by atoms with van der Waals surface area (Å²) in [6, 6.07) is 6.95. The Morgan fingerprint density at radius 1 is 1.05 bits per heavy atom. The highest BCUT2D eigenvalue weighted by molar-refractivity contribution is 5.88. The van der Waals surface area contributed by atoms with E-state index in [1.165, 1.54) is 6.92 Å². The van der Waals surface area contributed by atoms with Crippen LogP contribution in [0.4, 0.5) is 10.5 Å². The maximum atomic E-state index is 11.3. The van der Waals surface area contributed by atoms with Crippen molar-refractivity contribution in [3.05, 3.63) is 29.8 Å². The van der Waals surface area contributed by atoms with Gasteiger partial charge in [0.15, 0.2) is 0 Å². The van der Waals surface area contributed by atoms with E-state index < -0.39 is 5.97 Å². The minimum Gasteiger partial charge on any atom is -0.481 e. The largest absolute Gasteiger partial charge is 0.481 e. The van der Waals surface area contributed by atoms with Crippen molar-refractivity contribution in [2.75, 3.05) is 18.4 Å². The van der Waals surface area contributed by atoms with E-state index in [1.807, 2.05) is 12.1 Å². The second kappa shape index (κ2) is 8.57. The van der Waals surface area contributed by atoms with Gasteiger partial charge in [-0.1, -0.05) is 12.1 Å². The Labute approximate surface area is 122 Å². The van der Waals surface area contributed by atoms with E-state index in [2.05, 4.69) is 16.0 Å². The highest BCUT2D eigenvalue weighted by Crippen LogP contribution is 2.09. The van der Waals surface area contributed by atoms with Gasteiger partial charge in [0.2, 0.25) is 5.91 Å². The quantitative estimate of drug-likeness (QED) is 0.600. The second-order valence-electron chi connectivity index (χ2n) is 4.45. The van der Waals surface area contributed by atoms with Gasteiger partial charge in [-0.3, -0.25) is 9.59 Å². The van der Waals surface area contributed by atoms with Crippen molar-refractivity contribution < 1.29 is 19.5 Å². The number of carboxylic acid groups (broad SMARTS) is 1. The molecule has 0 aliphatic heterocycles. The molecule has 7 heteroatoms. The van der Waals surface area contributed by atoms with Crippen LogP contribution in [-0.2, 0) is 16.0 Å². The third kappa shape index (κ3) is 7.56. The monoisotopic (exact) mass is 293 g/mol. The van der Waals surface area contributed by atoms with Gasteiger partial charge in [-0.15, -0.1) is 0 Å². The van der Waals surface area contributed by atoms with Crippen molar-refractivity contribution in [2.45, 2.75) is 19.8 Å². The predicted molar refractivity (Wildman–Crippen MR) is 78.1 cm³/mol. The molecule has 0 unspecified atom stereocenters. The van der Waals surface area contributed by atoms with Crippen LogP contribution < -0.4 is 16.0 Å². The molecule has 1 aromatic rings. The number of hydrogen-bond donors (Lipinski definition) is 4. The molecule has 0 aliphatic carbocycles. The molecule has 0 saturated carbocycles. The Kier molecular flexibility index (Phi) is 6.73. The Bertz CT molecular complexity index is 499. The molecule has 114 valence electrons. The molecule has 1 rings (SSSR count). The summed E-state index contributed by atoms with van der Waals surface area (Å²) in [7, 11) is 0. The number of benzene rings is 1. The lowest BCUT2D eigenvalue weighted by Gasteiger charge is -2.07. The second-order valence-corrected chi connectivity index (χ2v) is 4.45. The van der Waals surface area contributed by atoms with Crippen molar-refractivity contribution >= 4 is 23.6 Å². The van der Waals surface area contributed by atoms with Gasteiger partial charge in [-0.2, -0.15) is 0 Å². The van der Waals surface area contributed by atoms with Gasteiger partial charge in [0.25, 0.3) is 0 Å². The molecule has 4 N–H and O–H groups in total. The zero-order valence-electron chi connectivity index (χ0n) is 11.8. The van der Waals surface area contributed by atoms with Crippen LogP contribution >= 0.6 is 0 Å². The SMILES string of the molecule is CC(=O)Nc1ccc(CCNC(=O)NCCC(=O)O)cc1. The molecule has 0 aliphatic rings. The molecule has 0 atom stereocenters. The molecule has 3 amide bonds. The Morgan fingerprint density at radius 3 is 2.24 bits per heavy atom. The summed E-state index contributed by atoms with van der Waals surface area (Å²) in [5.74, 6) is -1.07. The van der Waals surface area contributed by atoms with Gasteiger partial charge in [0, 0.05) is 25.7 Å². The molecule has 0 saturated heterocycles. The summed E-state index contributed by atoms with van der Waals surface area (Å²) >= 11 is 0. The fourth-order valence-electron chi connectivity index (χ4n) is 1.62. The minimum atomic E-state index is -0.949. The van der Waals surface area contributed by atoms with Crippen molar-refractivity contribution in [3.8, 4) is 0 Å². The van der Waals surface area contributed by atoms with Crippen molar-refractivity contribution in [2.24, 2.45) is 0 Å². The van der Waals surface area contributed by atoms with Crippen molar-refractivity contribution in [1.82, 2.24) is 10.6 Å². The number of amides is 3. The molecule has 0 fully saturated rings. The summed E-state index contributed by atoms with van der Waals surface area (Å²) in [6.07, 6.45) is 0.546. The van der Waals surface area contributed by atoms with E-state index in [9.17, 15) is 14.4 Å². The van der Waals surface area contributed by atoms with Crippen molar-refractivity contribution in [1.29, 1.82) is 0 Å². The third-order valence-electron chi connectivity index (χ3n) is 2.60. The van der Waals surface area contributed by atoms with Crippen LogP contribution in [0, 0.1) is 0 Å².